The fraction of sp³-hybridized carbons (Fsp3) is 0.241. The number of nitrogens with zero attached hydrogens (tertiary/aromatic N) is 2. The number of methoxy groups -OCH3 is 1. The maximum atomic E-state index is 12.7. The van der Waals surface area contributed by atoms with Crippen LogP contribution < -0.4 is 14.8 Å². The molecule has 1 atom stereocenters. The number of rotatable bonds is 11. The number of carbonyl (C=O) groups excluding carboxylic acids is 1. The van der Waals surface area contributed by atoms with Crippen LogP contribution in [0.3, 0.4) is 0 Å². The van der Waals surface area contributed by atoms with Gasteiger partial charge >= 0.3 is 0 Å². The van der Waals surface area contributed by atoms with E-state index in [0.717, 1.165) is 34.4 Å². The van der Waals surface area contributed by atoms with E-state index in [1.807, 2.05) is 67.6 Å². The van der Waals surface area contributed by atoms with Crippen LogP contribution in [0.25, 0.3) is 11.0 Å². The number of halogens is 1. The topological polar surface area (TPSA) is 65.4 Å². The molecule has 0 spiro atoms. The first-order valence-corrected chi connectivity index (χ1v) is 12.3. The average molecular weight is 504 g/mol. The highest BCUT2D eigenvalue weighted by atomic mass is 35.5. The fourth-order valence-electron chi connectivity index (χ4n) is 4.18. The third-order valence-corrected chi connectivity index (χ3v) is 6.16. The van der Waals surface area contributed by atoms with Crippen LogP contribution in [0.4, 0.5) is 0 Å². The van der Waals surface area contributed by atoms with Gasteiger partial charge in [0, 0.05) is 5.02 Å². The summed E-state index contributed by atoms with van der Waals surface area (Å²) in [4.78, 5) is 17.5. The Morgan fingerprint density at radius 3 is 2.61 bits per heavy atom. The molecule has 6 nitrogen and oxygen atoms in total. The van der Waals surface area contributed by atoms with E-state index in [2.05, 4.69) is 16.5 Å². The molecule has 3 aromatic carbocycles. The van der Waals surface area contributed by atoms with E-state index >= 15 is 0 Å². The summed E-state index contributed by atoms with van der Waals surface area (Å²) in [6, 6.07) is 20.8. The number of nitrogens with one attached hydrogen (secondary N) is 1. The lowest BCUT2D eigenvalue weighted by atomic mass is 10.1. The monoisotopic (exact) mass is 503 g/mol. The van der Waals surface area contributed by atoms with E-state index in [1.54, 1.807) is 19.2 Å². The second-order valence-electron chi connectivity index (χ2n) is 8.53. The zero-order chi connectivity index (χ0) is 25.5. The van der Waals surface area contributed by atoms with Crippen LogP contribution in [0.5, 0.6) is 11.5 Å². The highest BCUT2D eigenvalue weighted by Gasteiger charge is 2.19. The van der Waals surface area contributed by atoms with Crippen molar-refractivity contribution in [3.05, 3.63) is 101 Å². The first-order valence-electron chi connectivity index (χ1n) is 11.9. The zero-order valence-electron chi connectivity index (χ0n) is 20.5. The van der Waals surface area contributed by atoms with Crippen molar-refractivity contribution in [2.45, 2.75) is 32.4 Å². The number of ether oxygens (including phenoxy) is 2. The molecule has 4 aromatic rings. The first kappa shape index (κ1) is 25.3. The molecule has 0 aliphatic heterocycles. The van der Waals surface area contributed by atoms with Crippen molar-refractivity contribution in [2.24, 2.45) is 0 Å². The number of amides is 1. The molecule has 7 heteroatoms. The van der Waals surface area contributed by atoms with Crippen LogP contribution in [0.15, 0.2) is 79.4 Å². The molecular weight excluding hydrogens is 474 g/mol. The standard InChI is InChI=1S/C29H30ClN3O3/c1-4-7-21-12-15-26(27(18-21)35-3)36-17-16-33-25-9-6-5-8-24(25)32-29(33)20(2)31-28(34)19-22-10-13-23(30)14-11-22/h4-6,8-15,18,20H,1,7,16-17,19H2,2-3H3,(H,31,34). The SMILES string of the molecule is C=CCc1ccc(OCCn2c(C(C)NC(=O)Cc3ccc(Cl)cc3)nc3ccccc32)c(OC)c1. The summed E-state index contributed by atoms with van der Waals surface area (Å²) >= 11 is 5.95. The molecule has 0 radical (unpaired) electrons. The number of hydrogen-bond donors (Lipinski definition) is 1. The van der Waals surface area contributed by atoms with Gasteiger partial charge in [-0.2, -0.15) is 0 Å². The molecule has 4 rings (SSSR count). The van der Waals surface area contributed by atoms with Gasteiger partial charge in [-0.15, -0.1) is 6.58 Å². The van der Waals surface area contributed by atoms with Crippen LogP contribution in [-0.4, -0.2) is 29.2 Å². The maximum Gasteiger partial charge on any atom is 0.224 e. The molecule has 0 bridgehead atoms. The maximum absolute atomic E-state index is 12.7. The third-order valence-electron chi connectivity index (χ3n) is 5.91. The lowest BCUT2D eigenvalue weighted by Crippen LogP contribution is -2.30. The molecule has 1 heterocycles. The molecule has 1 unspecified atom stereocenters. The van der Waals surface area contributed by atoms with Crippen molar-refractivity contribution in [3.8, 4) is 11.5 Å². The van der Waals surface area contributed by atoms with Crippen molar-refractivity contribution in [1.29, 1.82) is 0 Å². The Morgan fingerprint density at radius 2 is 1.86 bits per heavy atom. The lowest BCUT2D eigenvalue weighted by molar-refractivity contribution is -0.121. The summed E-state index contributed by atoms with van der Waals surface area (Å²) in [5.41, 5.74) is 3.88. The number of hydrogen-bond acceptors (Lipinski definition) is 4. The predicted molar refractivity (Wildman–Crippen MR) is 144 cm³/mol. The molecule has 1 aromatic heterocycles. The highest BCUT2D eigenvalue weighted by Crippen LogP contribution is 2.29. The molecule has 0 aliphatic carbocycles. The molecule has 0 saturated carbocycles. The van der Waals surface area contributed by atoms with Gasteiger partial charge < -0.3 is 19.4 Å². The fourth-order valence-corrected chi connectivity index (χ4v) is 4.30. The van der Waals surface area contributed by atoms with Crippen molar-refractivity contribution in [1.82, 2.24) is 14.9 Å². The summed E-state index contributed by atoms with van der Waals surface area (Å²) in [6.45, 7) is 6.71. The number of fused-ring (bicyclic) bond motifs is 1. The minimum atomic E-state index is -0.287. The summed E-state index contributed by atoms with van der Waals surface area (Å²) in [5, 5.41) is 3.73. The van der Waals surface area contributed by atoms with Gasteiger partial charge in [-0.05, 0) is 60.9 Å². The van der Waals surface area contributed by atoms with E-state index < -0.39 is 0 Å². The minimum Gasteiger partial charge on any atom is -0.493 e. The Kier molecular flexibility index (Phi) is 8.28. The molecule has 0 aliphatic rings. The molecular formula is C29H30ClN3O3. The van der Waals surface area contributed by atoms with Gasteiger partial charge in [0.25, 0.3) is 0 Å². The Labute approximate surface area is 216 Å². The largest absolute Gasteiger partial charge is 0.493 e. The first-order chi connectivity index (χ1) is 17.5. The van der Waals surface area contributed by atoms with Crippen LogP contribution in [0.1, 0.15) is 29.9 Å². The smallest absolute Gasteiger partial charge is 0.224 e. The molecule has 0 saturated heterocycles. The molecule has 186 valence electrons. The number of imidazole rings is 1. The van der Waals surface area contributed by atoms with Crippen molar-refractivity contribution >= 4 is 28.5 Å². The Morgan fingerprint density at radius 1 is 1.11 bits per heavy atom. The van der Waals surface area contributed by atoms with Gasteiger partial charge in [-0.3, -0.25) is 4.79 Å². The van der Waals surface area contributed by atoms with Gasteiger partial charge in [0.2, 0.25) is 5.91 Å². The van der Waals surface area contributed by atoms with Crippen LogP contribution >= 0.6 is 11.6 Å². The van der Waals surface area contributed by atoms with Crippen LogP contribution in [0, 0.1) is 0 Å². The molecule has 1 amide bonds. The zero-order valence-corrected chi connectivity index (χ0v) is 21.3. The Bertz CT molecular complexity index is 1350. The minimum absolute atomic E-state index is 0.0796. The van der Waals surface area contributed by atoms with Gasteiger partial charge in [0.1, 0.15) is 12.4 Å². The lowest BCUT2D eigenvalue weighted by Gasteiger charge is -2.17. The summed E-state index contributed by atoms with van der Waals surface area (Å²) in [5.74, 6) is 2.06. The number of benzene rings is 3. The molecule has 36 heavy (non-hydrogen) atoms. The second kappa shape index (κ2) is 11.8. The van der Waals surface area contributed by atoms with E-state index in [4.69, 9.17) is 26.1 Å². The van der Waals surface area contributed by atoms with Gasteiger partial charge in [-0.25, -0.2) is 4.98 Å². The summed E-state index contributed by atoms with van der Waals surface area (Å²) in [6.07, 6.45) is 2.89. The number of allylic oxidation sites excluding steroid dienone is 1. The number of aromatic nitrogens is 2. The van der Waals surface area contributed by atoms with E-state index in [0.29, 0.717) is 29.7 Å². The van der Waals surface area contributed by atoms with E-state index in [9.17, 15) is 4.79 Å². The number of para-hydroxylation sites is 2. The highest BCUT2D eigenvalue weighted by molar-refractivity contribution is 6.30. The average Bonchev–Trinajstić information content (AvgIpc) is 3.25. The number of carbonyl (C=O) groups is 1. The third kappa shape index (κ3) is 6.07. The molecule has 0 fully saturated rings. The van der Waals surface area contributed by atoms with Gasteiger partial charge in [-0.1, -0.05) is 48.0 Å². The van der Waals surface area contributed by atoms with E-state index in [-0.39, 0.29) is 18.4 Å². The van der Waals surface area contributed by atoms with E-state index in [1.165, 1.54) is 0 Å². The van der Waals surface area contributed by atoms with Crippen molar-refractivity contribution < 1.29 is 14.3 Å². The quantitative estimate of drug-likeness (QED) is 0.258. The molecule has 1 N–H and O–H groups in total. The Hall–Kier alpha value is -3.77. The van der Waals surface area contributed by atoms with Crippen LogP contribution in [-0.2, 0) is 24.2 Å². The predicted octanol–water partition coefficient (Wildman–Crippen LogP) is 5.93. The van der Waals surface area contributed by atoms with Gasteiger partial charge in [0.05, 0.1) is 37.2 Å². The summed E-state index contributed by atoms with van der Waals surface area (Å²) < 4.78 is 13.7. The summed E-state index contributed by atoms with van der Waals surface area (Å²) in [7, 11) is 1.63. The second-order valence-corrected chi connectivity index (χ2v) is 8.97. The van der Waals surface area contributed by atoms with Gasteiger partial charge in [0.15, 0.2) is 11.5 Å². The normalized spacial score (nSPS) is 11.8. The Balaban J connectivity index is 1.48. The van der Waals surface area contributed by atoms with Crippen molar-refractivity contribution in [3.63, 3.8) is 0 Å². The van der Waals surface area contributed by atoms with Crippen LogP contribution in [0.2, 0.25) is 5.02 Å². The van der Waals surface area contributed by atoms with Crippen molar-refractivity contribution in [2.75, 3.05) is 13.7 Å².